The predicted octanol–water partition coefficient (Wildman–Crippen LogP) is 2.69. The highest BCUT2D eigenvalue weighted by Crippen LogP contribution is 2.28. The first-order valence-corrected chi connectivity index (χ1v) is 6.23. The van der Waals surface area contributed by atoms with E-state index in [0.29, 0.717) is 6.04 Å². The Balaban J connectivity index is 2.19. The van der Waals surface area contributed by atoms with Crippen LogP contribution in [0.2, 0.25) is 0 Å². The molecule has 0 saturated carbocycles. The number of fused-ring (bicyclic) bond motifs is 1. The van der Waals surface area contributed by atoms with Crippen molar-refractivity contribution in [3.05, 3.63) is 29.3 Å². The zero-order valence-corrected chi connectivity index (χ0v) is 10.5. The third-order valence-electron chi connectivity index (χ3n) is 3.05. The normalized spacial score (nSPS) is 14.5. The first-order chi connectivity index (χ1) is 8.35. The van der Waals surface area contributed by atoms with Gasteiger partial charge >= 0.3 is 0 Å². The maximum Gasteiger partial charge on any atom is 0.122 e. The van der Waals surface area contributed by atoms with Crippen LogP contribution >= 0.6 is 0 Å². The van der Waals surface area contributed by atoms with E-state index in [0.717, 1.165) is 31.7 Å². The molecule has 0 aliphatic carbocycles. The van der Waals surface area contributed by atoms with Crippen LogP contribution in [0.3, 0.4) is 0 Å². The molecule has 1 atom stereocenters. The van der Waals surface area contributed by atoms with Crippen molar-refractivity contribution in [3.63, 3.8) is 0 Å². The van der Waals surface area contributed by atoms with Crippen LogP contribution in [0.25, 0.3) is 0 Å². The van der Waals surface area contributed by atoms with Crippen LogP contribution in [0.15, 0.2) is 18.2 Å². The molecule has 2 rings (SSSR count). The van der Waals surface area contributed by atoms with Crippen molar-refractivity contribution in [2.24, 2.45) is 0 Å². The summed E-state index contributed by atoms with van der Waals surface area (Å²) in [6.45, 7) is 5.80. The fourth-order valence-corrected chi connectivity index (χ4v) is 2.18. The SMILES string of the molecule is CC#CCC(NCC)c1ccc2c(c1)CCO2. The molecule has 1 unspecified atom stereocenters. The standard InChI is InChI=1S/C15H19NO/c1-3-5-6-14(16-4-2)12-7-8-15-13(11-12)9-10-17-15/h7-8,11,14,16H,4,6,9-10H2,1-2H3. The highest BCUT2D eigenvalue weighted by atomic mass is 16.5. The van der Waals surface area contributed by atoms with Gasteiger partial charge in [-0.05, 0) is 30.7 Å². The summed E-state index contributed by atoms with van der Waals surface area (Å²) in [5, 5.41) is 3.48. The first-order valence-electron chi connectivity index (χ1n) is 6.23. The van der Waals surface area contributed by atoms with Crippen molar-refractivity contribution >= 4 is 0 Å². The van der Waals surface area contributed by atoms with Crippen molar-refractivity contribution < 1.29 is 4.74 Å². The zero-order chi connectivity index (χ0) is 12.1. The lowest BCUT2D eigenvalue weighted by atomic mass is 10.0. The van der Waals surface area contributed by atoms with Gasteiger partial charge in [0.25, 0.3) is 0 Å². The minimum absolute atomic E-state index is 0.332. The Labute approximate surface area is 103 Å². The predicted molar refractivity (Wildman–Crippen MR) is 70.1 cm³/mol. The zero-order valence-electron chi connectivity index (χ0n) is 10.5. The lowest BCUT2D eigenvalue weighted by molar-refractivity contribution is 0.356. The molecular formula is C15H19NO. The molecule has 0 spiro atoms. The average Bonchev–Trinajstić information content (AvgIpc) is 2.81. The molecule has 90 valence electrons. The number of nitrogens with one attached hydrogen (secondary N) is 1. The molecular weight excluding hydrogens is 210 g/mol. The largest absolute Gasteiger partial charge is 0.493 e. The molecule has 0 saturated heterocycles. The van der Waals surface area contributed by atoms with E-state index in [-0.39, 0.29) is 0 Å². The van der Waals surface area contributed by atoms with E-state index < -0.39 is 0 Å². The third-order valence-corrected chi connectivity index (χ3v) is 3.05. The van der Waals surface area contributed by atoms with E-state index >= 15 is 0 Å². The Hall–Kier alpha value is -1.46. The number of rotatable bonds is 4. The van der Waals surface area contributed by atoms with Crippen molar-refractivity contribution in [2.45, 2.75) is 32.7 Å². The topological polar surface area (TPSA) is 21.3 Å². The second-order valence-electron chi connectivity index (χ2n) is 4.21. The van der Waals surface area contributed by atoms with Crippen LogP contribution in [0.1, 0.15) is 37.4 Å². The van der Waals surface area contributed by atoms with Crippen LogP contribution in [-0.4, -0.2) is 13.2 Å². The van der Waals surface area contributed by atoms with E-state index in [9.17, 15) is 0 Å². The molecule has 17 heavy (non-hydrogen) atoms. The molecule has 0 aromatic heterocycles. The van der Waals surface area contributed by atoms with Gasteiger partial charge in [0.05, 0.1) is 6.61 Å². The molecule has 1 aromatic carbocycles. The van der Waals surface area contributed by atoms with Crippen molar-refractivity contribution in [1.82, 2.24) is 5.32 Å². The summed E-state index contributed by atoms with van der Waals surface area (Å²) in [5.74, 6) is 7.17. The summed E-state index contributed by atoms with van der Waals surface area (Å²) in [6.07, 6.45) is 1.89. The van der Waals surface area contributed by atoms with Gasteiger partial charge in [-0.2, -0.15) is 0 Å². The van der Waals surface area contributed by atoms with Gasteiger partial charge in [0, 0.05) is 18.9 Å². The van der Waals surface area contributed by atoms with E-state index in [4.69, 9.17) is 4.74 Å². The Morgan fingerprint density at radius 3 is 3.12 bits per heavy atom. The van der Waals surface area contributed by atoms with Gasteiger partial charge in [0.15, 0.2) is 0 Å². The summed E-state index contributed by atoms with van der Waals surface area (Å²) in [5.41, 5.74) is 2.65. The Kier molecular flexibility index (Phi) is 4.06. The lowest BCUT2D eigenvalue weighted by Crippen LogP contribution is -2.20. The molecule has 2 nitrogen and oxygen atoms in total. The van der Waals surface area contributed by atoms with Crippen molar-refractivity contribution in [1.29, 1.82) is 0 Å². The third kappa shape index (κ3) is 2.81. The van der Waals surface area contributed by atoms with Crippen LogP contribution in [0, 0.1) is 11.8 Å². The molecule has 0 fully saturated rings. The van der Waals surface area contributed by atoms with Crippen molar-refractivity contribution in [2.75, 3.05) is 13.2 Å². The van der Waals surface area contributed by atoms with E-state index in [2.05, 4.69) is 42.3 Å². The van der Waals surface area contributed by atoms with E-state index in [1.54, 1.807) is 0 Å². The second-order valence-corrected chi connectivity index (χ2v) is 4.21. The summed E-state index contributed by atoms with van der Waals surface area (Å²) >= 11 is 0. The quantitative estimate of drug-likeness (QED) is 0.801. The Bertz CT molecular complexity index is 442. The van der Waals surface area contributed by atoms with Crippen LogP contribution in [0.4, 0.5) is 0 Å². The first kappa shape index (κ1) is 12.0. The van der Waals surface area contributed by atoms with Crippen LogP contribution in [0.5, 0.6) is 5.75 Å². The summed E-state index contributed by atoms with van der Waals surface area (Å²) < 4.78 is 5.53. The van der Waals surface area contributed by atoms with Gasteiger partial charge in [-0.3, -0.25) is 0 Å². The van der Waals surface area contributed by atoms with Gasteiger partial charge in [-0.15, -0.1) is 11.8 Å². The van der Waals surface area contributed by atoms with Crippen molar-refractivity contribution in [3.8, 4) is 17.6 Å². The number of benzene rings is 1. The Morgan fingerprint density at radius 2 is 2.35 bits per heavy atom. The average molecular weight is 229 g/mol. The van der Waals surface area contributed by atoms with Gasteiger partial charge in [0.2, 0.25) is 0 Å². The van der Waals surface area contributed by atoms with E-state index in [1.807, 2.05) is 6.92 Å². The van der Waals surface area contributed by atoms with Gasteiger partial charge in [0.1, 0.15) is 5.75 Å². The molecule has 1 aliphatic heterocycles. The second kappa shape index (κ2) is 5.75. The fourth-order valence-electron chi connectivity index (χ4n) is 2.18. The summed E-state index contributed by atoms with van der Waals surface area (Å²) in [6, 6.07) is 6.82. The molecule has 1 heterocycles. The maximum absolute atomic E-state index is 5.53. The summed E-state index contributed by atoms with van der Waals surface area (Å²) in [7, 11) is 0. The molecule has 2 heteroatoms. The molecule has 1 N–H and O–H groups in total. The summed E-state index contributed by atoms with van der Waals surface area (Å²) in [4.78, 5) is 0. The number of hydrogen-bond acceptors (Lipinski definition) is 2. The molecule has 0 radical (unpaired) electrons. The highest BCUT2D eigenvalue weighted by Gasteiger charge is 2.15. The van der Waals surface area contributed by atoms with Gasteiger partial charge in [-0.1, -0.05) is 19.1 Å². The minimum Gasteiger partial charge on any atom is -0.493 e. The Morgan fingerprint density at radius 1 is 1.47 bits per heavy atom. The smallest absolute Gasteiger partial charge is 0.122 e. The molecule has 1 aliphatic rings. The molecule has 1 aromatic rings. The van der Waals surface area contributed by atoms with Gasteiger partial charge in [-0.25, -0.2) is 0 Å². The number of ether oxygens (including phenoxy) is 1. The van der Waals surface area contributed by atoms with Gasteiger partial charge < -0.3 is 10.1 Å². The van der Waals surface area contributed by atoms with Crippen LogP contribution < -0.4 is 10.1 Å². The fraction of sp³-hybridized carbons (Fsp3) is 0.467. The monoisotopic (exact) mass is 229 g/mol. The molecule has 0 amide bonds. The lowest BCUT2D eigenvalue weighted by Gasteiger charge is -2.16. The number of hydrogen-bond donors (Lipinski definition) is 1. The molecule has 0 bridgehead atoms. The van der Waals surface area contributed by atoms with E-state index in [1.165, 1.54) is 11.1 Å². The van der Waals surface area contributed by atoms with Crippen LogP contribution in [-0.2, 0) is 6.42 Å². The maximum atomic E-state index is 5.53. The minimum atomic E-state index is 0.332. The highest BCUT2D eigenvalue weighted by molar-refractivity contribution is 5.41.